The molecule has 0 aliphatic carbocycles. The van der Waals surface area contributed by atoms with E-state index in [0.29, 0.717) is 0 Å². The van der Waals surface area contributed by atoms with E-state index >= 15 is 0 Å². The van der Waals surface area contributed by atoms with Gasteiger partial charge in [0.25, 0.3) is 0 Å². The molecule has 0 saturated carbocycles. The lowest BCUT2D eigenvalue weighted by molar-refractivity contribution is 0.603. The zero-order valence-corrected chi connectivity index (χ0v) is 9.44. The molecule has 0 N–H and O–H groups in total. The van der Waals surface area contributed by atoms with Crippen LogP contribution in [0.4, 0.5) is 0 Å². The Morgan fingerprint density at radius 1 is 1.00 bits per heavy atom. The van der Waals surface area contributed by atoms with E-state index in [1.54, 1.807) is 0 Å². The maximum atomic E-state index is 3.73. The monoisotopic (exact) mass is 186 g/mol. The van der Waals surface area contributed by atoms with E-state index in [1.165, 1.54) is 51.1 Å². The molecular formula is C11H23P. The predicted molar refractivity (Wildman–Crippen MR) is 61.4 cm³/mol. The zero-order chi connectivity index (χ0) is 9.07. The van der Waals surface area contributed by atoms with E-state index in [2.05, 4.69) is 19.3 Å². The molecule has 1 atom stereocenters. The van der Waals surface area contributed by atoms with Gasteiger partial charge in [0.1, 0.15) is 0 Å². The Morgan fingerprint density at radius 2 is 1.58 bits per heavy atom. The first-order chi connectivity index (χ1) is 5.91. The highest BCUT2D eigenvalue weighted by atomic mass is 31.1. The highest BCUT2D eigenvalue weighted by Gasteiger charge is 1.89. The van der Waals surface area contributed by atoms with Crippen LogP contribution in [-0.4, -0.2) is 6.16 Å². The molecule has 0 aromatic rings. The molecule has 0 amide bonds. The second kappa shape index (κ2) is 11.2. The summed E-state index contributed by atoms with van der Waals surface area (Å²) in [5, 5.41) is 0. The molecule has 0 heterocycles. The molecule has 0 saturated heterocycles. The average Bonchev–Trinajstić information content (AvgIpc) is 2.10. The van der Waals surface area contributed by atoms with Crippen LogP contribution >= 0.6 is 8.58 Å². The number of hydrogen-bond donors (Lipinski definition) is 0. The van der Waals surface area contributed by atoms with Crippen molar-refractivity contribution < 1.29 is 0 Å². The van der Waals surface area contributed by atoms with Gasteiger partial charge in [0.05, 0.1) is 0 Å². The molecule has 1 unspecified atom stereocenters. The highest BCUT2D eigenvalue weighted by Crippen LogP contribution is 2.14. The summed E-state index contributed by atoms with van der Waals surface area (Å²) in [6, 6.07) is 0. The van der Waals surface area contributed by atoms with Gasteiger partial charge >= 0.3 is 0 Å². The Morgan fingerprint density at radius 3 is 2.17 bits per heavy atom. The molecule has 12 heavy (non-hydrogen) atoms. The fourth-order valence-corrected chi connectivity index (χ4v) is 1.94. The van der Waals surface area contributed by atoms with Crippen molar-refractivity contribution in [3.63, 3.8) is 0 Å². The minimum absolute atomic E-state index is 0.991. The van der Waals surface area contributed by atoms with E-state index in [9.17, 15) is 0 Å². The molecule has 0 aromatic heterocycles. The van der Waals surface area contributed by atoms with Crippen LogP contribution in [-0.2, 0) is 0 Å². The largest absolute Gasteiger partial charge is 0.0990 e. The molecule has 0 aliphatic rings. The van der Waals surface area contributed by atoms with Crippen molar-refractivity contribution in [2.45, 2.75) is 51.9 Å². The average molecular weight is 186 g/mol. The van der Waals surface area contributed by atoms with Crippen LogP contribution in [0.2, 0.25) is 0 Å². The highest BCUT2D eigenvalue weighted by molar-refractivity contribution is 7.41. The molecular weight excluding hydrogens is 163 g/mol. The van der Waals surface area contributed by atoms with Crippen molar-refractivity contribution in [2.24, 2.45) is 0 Å². The molecule has 0 radical (unpaired) electrons. The third kappa shape index (κ3) is 10.2. The molecule has 0 spiro atoms. The Balaban J connectivity index is 2.77. The molecule has 0 nitrogen and oxygen atoms in total. The van der Waals surface area contributed by atoms with Gasteiger partial charge in [0.2, 0.25) is 0 Å². The summed E-state index contributed by atoms with van der Waals surface area (Å²) < 4.78 is 0. The van der Waals surface area contributed by atoms with Gasteiger partial charge in [0.15, 0.2) is 0 Å². The van der Waals surface area contributed by atoms with Gasteiger partial charge in [-0.3, -0.25) is 0 Å². The molecule has 0 aliphatic heterocycles. The van der Waals surface area contributed by atoms with E-state index in [-0.39, 0.29) is 0 Å². The van der Waals surface area contributed by atoms with Crippen molar-refractivity contribution in [3.05, 3.63) is 12.4 Å². The third-order valence-electron chi connectivity index (χ3n) is 2.07. The number of hydrogen-bond acceptors (Lipinski definition) is 0. The molecule has 0 rings (SSSR count). The van der Waals surface area contributed by atoms with Gasteiger partial charge in [-0.05, 0) is 12.6 Å². The third-order valence-corrected chi connectivity index (χ3v) is 3.00. The minimum atomic E-state index is 0.991. The lowest BCUT2D eigenvalue weighted by atomic mass is 10.1. The summed E-state index contributed by atoms with van der Waals surface area (Å²) in [6.45, 7) is 6.00. The Kier molecular flexibility index (Phi) is 11.3. The van der Waals surface area contributed by atoms with Crippen LogP contribution in [0.15, 0.2) is 12.4 Å². The van der Waals surface area contributed by atoms with Crippen LogP contribution in [0.5, 0.6) is 0 Å². The van der Waals surface area contributed by atoms with Gasteiger partial charge in [0, 0.05) is 0 Å². The van der Waals surface area contributed by atoms with E-state index in [0.717, 1.165) is 8.58 Å². The van der Waals surface area contributed by atoms with Crippen molar-refractivity contribution >= 4 is 8.58 Å². The van der Waals surface area contributed by atoms with Gasteiger partial charge < -0.3 is 0 Å². The summed E-state index contributed by atoms with van der Waals surface area (Å²) in [5.41, 5.74) is 0. The molecule has 72 valence electrons. The molecule has 0 bridgehead atoms. The second-order valence-corrected chi connectivity index (χ2v) is 4.60. The van der Waals surface area contributed by atoms with Gasteiger partial charge in [-0.15, -0.1) is 0 Å². The smallest absolute Gasteiger partial charge is 0.0319 e. The number of unbranched alkanes of at least 4 members (excludes halogenated alkanes) is 6. The molecule has 1 heteroatoms. The summed E-state index contributed by atoms with van der Waals surface area (Å²) in [5.74, 6) is 2.05. The van der Waals surface area contributed by atoms with Crippen molar-refractivity contribution in [3.8, 4) is 0 Å². The van der Waals surface area contributed by atoms with Crippen molar-refractivity contribution in [1.29, 1.82) is 0 Å². The Hall–Kier alpha value is 0.170. The molecule has 0 aromatic carbocycles. The fourth-order valence-electron chi connectivity index (χ4n) is 1.29. The second-order valence-electron chi connectivity index (χ2n) is 3.28. The van der Waals surface area contributed by atoms with Gasteiger partial charge in [-0.1, -0.05) is 66.4 Å². The topological polar surface area (TPSA) is 0 Å². The number of rotatable bonds is 9. The maximum absolute atomic E-state index is 3.73. The van der Waals surface area contributed by atoms with E-state index < -0.39 is 0 Å². The van der Waals surface area contributed by atoms with Crippen molar-refractivity contribution in [2.75, 3.05) is 6.16 Å². The van der Waals surface area contributed by atoms with Crippen LogP contribution < -0.4 is 0 Å². The van der Waals surface area contributed by atoms with Crippen LogP contribution in [0.3, 0.4) is 0 Å². The van der Waals surface area contributed by atoms with Crippen LogP contribution in [0.1, 0.15) is 51.9 Å². The Bertz CT molecular complexity index is 89.0. The fraction of sp³-hybridized carbons (Fsp3) is 0.818. The molecule has 0 fully saturated rings. The van der Waals surface area contributed by atoms with Crippen molar-refractivity contribution in [1.82, 2.24) is 0 Å². The first-order valence-corrected chi connectivity index (χ1v) is 6.54. The van der Waals surface area contributed by atoms with E-state index in [1.807, 2.05) is 0 Å². The summed E-state index contributed by atoms with van der Waals surface area (Å²) >= 11 is 0. The standard InChI is InChI=1S/C11H23P/c1-3-5-6-7-8-9-10-11-12-4-2/h4,12H,2-3,5-11H2,1H3. The lowest BCUT2D eigenvalue weighted by Crippen LogP contribution is -1.80. The van der Waals surface area contributed by atoms with E-state index in [4.69, 9.17) is 0 Å². The summed E-state index contributed by atoms with van der Waals surface area (Å²) in [6.07, 6.45) is 11.3. The Labute approximate surface area is 79.6 Å². The zero-order valence-electron chi connectivity index (χ0n) is 8.44. The quantitative estimate of drug-likeness (QED) is 0.366. The predicted octanol–water partition coefficient (Wildman–Crippen LogP) is 4.56. The SMILES string of the molecule is C=CPCCCCCCCCC. The van der Waals surface area contributed by atoms with Gasteiger partial charge in [-0.25, -0.2) is 0 Å². The first kappa shape index (κ1) is 12.2. The van der Waals surface area contributed by atoms with Crippen LogP contribution in [0, 0.1) is 0 Å². The summed E-state index contributed by atoms with van der Waals surface area (Å²) in [7, 11) is 0.991. The maximum Gasteiger partial charge on any atom is -0.0319 e. The van der Waals surface area contributed by atoms with Crippen LogP contribution in [0.25, 0.3) is 0 Å². The first-order valence-electron chi connectivity index (χ1n) is 5.26. The lowest BCUT2D eigenvalue weighted by Gasteiger charge is -1.99. The van der Waals surface area contributed by atoms with Gasteiger partial charge in [-0.2, -0.15) is 0 Å². The minimum Gasteiger partial charge on any atom is -0.0990 e. The summed E-state index contributed by atoms with van der Waals surface area (Å²) in [4.78, 5) is 0. The normalized spacial score (nSPS) is 11.1.